The molecule has 3 saturated heterocycles. The van der Waals surface area contributed by atoms with Crippen molar-refractivity contribution in [1.82, 2.24) is 56.4 Å². The highest BCUT2D eigenvalue weighted by molar-refractivity contribution is 6.31. The number of aliphatic imine (C=N–C) groups is 1. The molecule has 0 radical (unpaired) electrons. The Kier molecular flexibility index (Phi) is 27.8. The van der Waals surface area contributed by atoms with Crippen LogP contribution in [0, 0.1) is 23.7 Å². The number of hydrogen-bond donors (Lipinski definition) is 6. The highest BCUT2D eigenvalue weighted by atomic mass is 35.5. The van der Waals surface area contributed by atoms with Crippen LogP contribution in [-0.2, 0) is 22.1 Å². The Morgan fingerprint density at radius 2 is 1.59 bits per heavy atom. The molecule has 1 aromatic carbocycles. The number of fused-ring (bicyclic) bond motifs is 2. The number of nitrogens with zero attached hydrogens (tertiary/aromatic N) is 6. The summed E-state index contributed by atoms with van der Waals surface area (Å²) in [4.78, 5) is 31.8. The van der Waals surface area contributed by atoms with Crippen molar-refractivity contribution in [3.05, 3.63) is 82.3 Å². The molecule has 1 aromatic rings. The minimum absolute atomic E-state index is 0.0360. The summed E-state index contributed by atoms with van der Waals surface area (Å²) in [5, 5.41) is 24.0. The second-order valence-electron chi connectivity index (χ2n) is 29.0. The number of nitrogens with one attached hydrogen (secondary N) is 6. The molecule has 6 fully saturated rings. The maximum atomic E-state index is 14.9. The monoisotopic (exact) mass is 1280 g/mol. The number of likely N-dealkylation sites (N-methyl/N-ethyl adjacent to an activating group) is 1. The van der Waals surface area contributed by atoms with Crippen LogP contribution in [0.15, 0.2) is 71.2 Å². The zero-order chi connectivity index (χ0) is 64.5. The summed E-state index contributed by atoms with van der Waals surface area (Å²) in [7, 11) is 4.17. The van der Waals surface area contributed by atoms with Gasteiger partial charge in [-0.05, 0) is 172 Å². The predicted octanol–water partition coefficient (Wildman–Crippen LogP) is 12.4. The topological polar surface area (TPSA) is 127 Å². The van der Waals surface area contributed by atoms with E-state index in [2.05, 4.69) is 133 Å². The van der Waals surface area contributed by atoms with Crippen molar-refractivity contribution in [3.8, 4) is 0 Å². The van der Waals surface area contributed by atoms with Gasteiger partial charge in [0.25, 0.3) is 0 Å². The number of halogens is 4. The van der Waals surface area contributed by atoms with Crippen molar-refractivity contribution < 1.29 is 22.7 Å². The van der Waals surface area contributed by atoms with Crippen molar-refractivity contribution in [2.45, 2.75) is 263 Å². The molecule has 5 unspecified atom stereocenters. The average Bonchev–Trinajstić information content (AvgIpc) is 0.827. The number of carbonyl (C=O) groups is 1. The quantitative estimate of drug-likeness (QED) is 0.119. The zero-order valence-electron chi connectivity index (χ0n) is 57.3. The van der Waals surface area contributed by atoms with Gasteiger partial charge < -0.3 is 56.2 Å². The van der Waals surface area contributed by atoms with Gasteiger partial charge in [-0.25, -0.2) is 0 Å². The molecule has 6 N–H and O–H groups in total. The Morgan fingerprint density at radius 1 is 0.844 bits per heavy atom. The molecule has 4 heterocycles. The fourth-order valence-corrected chi connectivity index (χ4v) is 16.2. The third-order valence-corrected chi connectivity index (χ3v) is 22.2. The van der Waals surface area contributed by atoms with E-state index in [1.165, 1.54) is 69.2 Å². The molecule has 18 heteroatoms. The Bertz CT molecular complexity index is 2520. The number of piperidine rings is 1. The molecule has 11 atom stereocenters. The molecule has 0 aromatic heterocycles. The summed E-state index contributed by atoms with van der Waals surface area (Å²) in [6.45, 7) is 28.5. The van der Waals surface area contributed by atoms with E-state index in [9.17, 15) is 18.0 Å². The van der Waals surface area contributed by atoms with Gasteiger partial charge >= 0.3 is 6.18 Å². The van der Waals surface area contributed by atoms with Gasteiger partial charge in [0.1, 0.15) is 0 Å². The van der Waals surface area contributed by atoms with Crippen LogP contribution in [0.1, 0.15) is 195 Å². The molecule has 14 nitrogen and oxygen atoms in total. The Labute approximate surface area is 547 Å². The van der Waals surface area contributed by atoms with Crippen LogP contribution in [-0.4, -0.2) is 176 Å². The Hall–Kier alpha value is -3.68. The van der Waals surface area contributed by atoms with Crippen LogP contribution in [0.5, 0.6) is 0 Å². The summed E-state index contributed by atoms with van der Waals surface area (Å²) in [6, 6.07) is 6.06. The molecule has 508 valence electrons. The van der Waals surface area contributed by atoms with E-state index >= 15 is 0 Å². The SMILES string of the molecule is CC[C@H](C)[C@H]1CN[C@@H](CC(C)C)C(C)NCC2[C@@H](C(=O)N3CCCCC3)C(C)N2[C@@H](C2CCCC2)C(C)NC2(CCCC2)CNCCN=CC=C(CCc2ccc(C(F)(F)F)c(Cl)c2)NC=CN(C)C=C(COC2CCC2)N(C)C=C2CCCN2[C@@H](C)C(C)N1. The van der Waals surface area contributed by atoms with Crippen LogP contribution in [0.25, 0.3) is 0 Å². The first-order valence-corrected chi connectivity index (χ1v) is 36.0. The largest absolute Gasteiger partial charge is 0.417 e. The standard InChI is InChI=1S/C72H120ClF3N12O2/c1-12-51(4)66-44-81-65(42-50(2)3)53(6)80-45-67-68(70(89)86-38-18-13-19-39-86)56(9)88(67)69(58-22-14-15-23-58)54(7)83-71(32-16-17-33-71)49-78-36-35-77-34-31-59(29-27-57-28-30-63(64(73)43-57)72(74,75)76)79-37-41-84(10)46-61(48-90-62-25-20-26-62)85(11)47-60-24-21-40-87(60)55(8)52(5)82-66/h28,30-31,34,37,41,43,46-47,50-56,58,62,65-69,78-83H,12-27,29,32-33,35-36,38-40,42,44-45,48-49H2,1-11H3/t51-,52?,53?,54?,55-,56?,65-,66+,67?,68-,69+/m0/s1. The van der Waals surface area contributed by atoms with Gasteiger partial charge in [-0.1, -0.05) is 77.5 Å². The highest BCUT2D eigenvalue weighted by Gasteiger charge is 2.56. The number of alkyl halides is 3. The van der Waals surface area contributed by atoms with Crippen LogP contribution in [0.3, 0.4) is 0 Å². The minimum Gasteiger partial charge on any atom is -0.372 e. The number of rotatable bonds is 12. The molecule has 1 amide bonds. The zero-order valence-corrected chi connectivity index (χ0v) is 58.1. The first kappa shape index (κ1) is 72.2. The van der Waals surface area contributed by atoms with Crippen molar-refractivity contribution >= 4 is 23.7 Å². The van der Waals surface area contributed by atoms with E-state index < -0.39 is 11.7 Å². The molecular formula is C72H120ClF3N12O2. The van der Waals surface area contributed by atoms with E-state index in [0.29, 0.717) is 55.7 Å². The smallest absolute Gasteiger partial charge is 0.372 e. The van der Waals surface area contributed by atoms with Crippen LogP contribution in [0.4, 0.5) is 13.2 Å². The lowest BCUT2D eigenvalue weighted by atomic mass is 9.74. The number of amides is 1. The third-order valence-electron chi connectivity index (χ3n) is 21.9. The summed E-state index contributed by atoms with van der Waals surface area (Å²) >= 11 is 6.20. The van der Waals surface area contributed by atoms with Crippen LogP contribution >= 0.6 is 11.6 Å². The van der Waals surface area contributed by atoms with Gasteiger partial charge in [-0.15, -0.1) is 0 Å². The molecule has 8 rings (SSSR count). The number of allylic oxidation sites excluding steroid dienone is 3. The fraction of sp³-hybridized carbons (Fsp3) is 0.778. The fourth-order valence-electron chi connectivity index (χ4n) is 15.9. The molecule has 0 bridgehead atoms. The van der Waals surface area contributed by atoms with E-state index in [1.54, 1.807) is 0 Å². The number of benzene rings is 1. The molecular weight excluding hydrogens is 1160 g/mol. The van der Waals surface area contributed by atoms with Crippen molar-refractivity contribution in [3.63, 3.8) is 0 Å². The van der Waals surface area contributed by atoms with Crippen LogP contribution in [0.2, 0.25) is 5.02 Å². The summed E-state index contributed by atoms with van der Waals surface area (Å²) in [5.41, 5.74) is 3.11. The number of carbonyl (C=O) groups excluding carboxylic acids is 1. The van der Waals surface area contributed by atoms with Crippen LogP contribution < -0.4 is 31.9 Å². The maximum absolute atomic E-state index is 14.9. The number of hydrogen-bond acceptors (Lipinski definition) is 13. The van der Waals surface area contributed by atoms with Crippen molar-refractivity contribution in [1.29, 1.82) is 0 Å². The van der Waals surface area contributed by atoms with Gasteiger partial charge in [0, 0.05) is 162 Å². The van der Waals surface area contributed by atoms with Crippen molar-refractivity contribution in [2.24, 2.45) is 28.7 Å². The normalized spacial score (nSPS) is 30.6. The summed E-state index contributed by atoms with van der Waals surface area (Å²) in [6.07, 6.45) is 29.6. The Morgan fingerprint density at radius 3 is 2.27 bits per heavy atom. The maximum Gasteiger partial charge on any atom is 0.417 e. The minimum atomic E-state index is -4.52. The van der Waals surface area contributed by atoms with Gasteiger partial charge in [0.05, 0.1) is 41.5 Å². The molecule has 1 spiro atoms. The van der Waals surface area contributed by atoms with Gasteiger partial charge in [0.15, 0.2) is 0 Å². The number of likely N-dealkylation sites (tertiary alicyclic amines) is 1. The third kappa shape index (κ3) is 19.9. The lowest BCUT2D eigenvalue weighted by Gasteiger charge is -2.60. The lowest BCUT2D eigenvalue weighted by Crippen LogP contribution is -2.76. The van der Waals surface area contributed by atoms with Gasteiger partial charge in [-0.2, -0.15) is 13.2 Å². The Balaban J connectivity index is 1.08. The molecule has 90 heavy (non-hydrogen) atoms. The van der Waals surface area contributed by atoms with Gasteiger partial charge in [-0.3, -0.25) is 14.7 Å². The lowest BCUT2D eigenvalue weighted by molar-refractivity contribution is -0.162. The van der Waals surface area contributed by atoms with E-state index in [4.69, 9.17) is 21.3 Å². The number of aryl methyl sites for hydroxylation is 1. The van der Waals surface area contributed by atoms with E-state index in [1.807, 2.05) is 36.6 Å². The van der Waals surface area contributed by atoms with Crippen molar-refractivity contribution in [2.75, 3.05) is 73.1 Å². The second-order valence-corrected chi connectivity index (χ2v) is 29.4. The predicted molar refractivity (Wildman–Crippen MR) is 365 cm³/mol. The summed E-state index contributed by atoms with van der Waals surface area (Å²) in [5.74, 6) is 1.89. The number of ether oxygens (including phenoxy) is 1. The average molecular weight is 1280 g/mol. The van der Waals surface area contributed by atoms with E-state index in [0.717, 1.165) is 133 Å². The first-order valence-electron chi connectivity index (χ1n) is 35.6. The molecule has 3 saturated carbocycles. The summed E-state index contributed by atoms with van der Waals surface area (Å²) < 4.78 is 47.5. The highest BCUT2D eigenvalue weighted by Crippen LogP contribution is 2.44. The second kappa shape index (κ2) is 34.6. The van der Waals surface area contributed by atoms with E-state index in [-0.39, 0.29) is 70.9 Å². The first-order chi connectivity index (χ1) is 43.1. The molecule has 4 aliphatic heterocycles. The van der Waals surface area contributed by atoms with Gasteiger partial charge in [0.2, 0.25) is 5.91 Å². The molecule has 7 aliphatic rings. The molecule has 3 aliphatic carbocycles.